The third-order valence-electron chi connectivity index (χ3n) is 6.38. The molecule has 0 spiro atoms. The van der Waals surface area contributed by atoms with Crippen LogP contribution in [0.2, 0.25) is 0 Å². The molecule has 0 N–H and O–H groups in total. The molecule has 3 rings (SSSR count). The van der Waals surface area contributed by atoms with E-state index in [1.807, 2.05) is 6.92 Å². The van der Waals surface area contributed by atoms with Crippen LogP contribution in [0, 0.1) is 41.4 Å². The van der Waals surface area contributed by atoms with Gasteiger partial charge in [-0.15, -0.1) is 0 Å². The van der Waals surface area contributed by atoms with Crippen LogP contribution in [-0.4, -0.2) is 13.2 Å². The van der Waals surface area contributed by atoms with Gasteiger partial charge in [-0.2, -0.15) is 0 Å². The number of hydrogen-bond acceptors (Lipinski definition) is 2. The first-order valence-corrected chi connectivity index (χ1v) is 9.12. The van der Waals surface area contributed by atoms with Gasteiger partial charge in [0.05, 0.1) is 25.7 Å². The summed E-state index contributed by atoms with van der Waals surface area (Å²) >= 11 is 0. The van der Waals surface area contributed by atoms with E-state index in [1.54, 1.807) is 6.26 Å². The second-order valence-corrected chi connectivity index (χ2v) is 7.31. The van der Waals surface area contributed by atoms with Crippen molar-refractivity contribution in [3.8, 4) is 0 Å². The van der Waals surface area contributed by atoms with Gasteiger partial charge in [-0.1, -0.05) is 33.4 Å². The van der Waals surface area contributed by atoms with E-state index in [-0.39, 0.29) is 0 Å². The SMILES string of the molecule is C=COCC.C=COCC1CC2CC1C1C(C)CC(CC)C21. The molecule has 3 aliphatic carbocycles. The molecule has 2 bridgehead atoms. The lowest BCUT2D eigenvalue weighted by Crippen LogP contribution is -2.31. The summed E-state index contributed by atoms with van der Waals surface area (Å²) in [5.74, 6) is 6.92. The molecule has 2 nitrogen and oxygen atoms in total. The Kier molecular flexibility index (Phi) is 6.40. The van der Waals surface area contributed by atoms with Crippen LogP contribution in [0.1, 0.15) is 46.5 Å². The Hall–Kier alpha value is -0.920. The standard InChI is InChI=1S/C16H26O.C4H8O/c1-4-11-6-10(3)15-14-8-12(16(11)15)7-13(14)9-17-5-2;1-3-5-4-2/h5,10-16H,2,4,6-9H2,1,3H3;3H,1,4H2,2H3. The molecule has 3 aliphatic rings. The van der Waals surface area contributed by atoms with Crippen molar-refractivity contribution in [3.63, 3.8) is 0 Å². The fraction of sp³-hybridized carbons (Fsp3) is 0.800. The van der Waals surface area contributed by atoms with E-state index in [4.69, 9.17) is 4.74 Å². The molecule has 22 heavy (non-hydrogen) atoms. The lowest BCUT2D eigenvalue weighted by molar-refractivity contribution is 0.0858. The molecule has 0 aliphatic heterocycles. The monoisotopic (exact) mass is 306 g/mol. The summed E-state index contributed by atoms with van der Waals surface area (Å²) in [4.78, 5) is 0. The van der Waals surface area contributed by atoms with E-state index in [2.05, 4.69) is 31.7 Å². The molecule has 0 radical (unpaired) electrons. The maximum absolute atomic E-state index is 5.47. The van der Waals surface area contributed by atoms with Gasteiger partial charge in [0.1, 0.15) is 0 Å². The van der Waals surface area contributed by atoms with Crippen molar-refractivity contribution in [2.45, 2.75) is 46.5 Å². The second kappa shape index (κ2) is 8.08. The molecule has 0 aromatic heterocycles. The van der Waals surface area contributed by atoms with E-state index >= 15 is 0 Å². The molecular formula is C20H34O2. The van der Waals surface area contributed by atoms with Gasteiger partial charge in [-0.25, -0.2) is 0 Å². The fourth-order valence-corrected chi connectivity index (χ4v) is 5.82. The van der Waals surface area contributed by atoms with Gasteiger partial charge in [-0.3, -0.25) is 0 Å². The Morgan fingerprint density at radius 2 is 1.68 bits per heavy atom. The van der Waals surface area contributed by atoms with Crippen molar-refractivity contribution in [2.24, 2.45) is 41.4 Å². The molecular weight excluding hydrogens is 272 g/mol. The van der Waals surface area contributed by atoms with Crippen molar-refractivity contribution < 1.29 is 9.47 Å². The van der Waals surface area contributed by atoms with Crippen molar-refractivity contribution in [2.75, 3.05) is 13.2 Å². The van der Waals surface area contributed by atoms with Gasteiger partial charge >= 0.3 is 0 Å². The van der Waals surface area contributed by atoms with E-state index in [0.29, 0.717) is 0 Å². The first kappa shape index (κ1) is 17.4. The Morgan fingerprint density at radius 3 is 2.23 bits per heavy atom. The maximum atomic E-state index is 5.47. The molecule has 7 unspecified atom stereocenters. The van der Waals surface area contributed by atoms with Crippen LogP contribution in [0.25, 0.3) is 0 Å². The van der Waals surface area contributed by atoms with E-state index in [0.717, 1.165) is 54.6 Å². The highest BCUT2D eigenvalue weighted by Gasteiger charge is 2.58. The smallest absolute Gasteiger partial charge is 0.0903 e. The van der Waals surface area contributed by atoms with Gasteiger partial charge < -0.3 is 9.47 Å². The van der Waals surface area contributed by atoms with Crippen LogP contribution < -0.4 is 0 Å². The number of fused-ring (bicyclic) bond motifs is 5. The molecule has 0 heterocycles. The summed E-state index contributed by atoms with van der Waals surface area (Å²) in [6.07, 6.45) is 8.89. The number of ether oxygens (including phenoxy) is 2. The molecule has 2 heteroatoms. The van der Waals surface area contributed by atoms with Crippen LogP contribution in [0.4, 0.5) is 0 Å². The minimum atomic E-state index is 0.726. The third kappa shape index (κ3) is 3.36. The van der Waals surface area contributed by atoms with E-state index in [1.165, 1.54) is 31.9 Å². The Labute approximate surface area is 137 Å². The van der Waals surface area contributed by atoms with Crippen molar-refractivity contribution >= 4 is 0 Å². The zero-order valence-corrected chi connectivity index (χ0v) is 14.7. The summed E-state index contributed by atoms with van der Waals surface area (Å²) in [5.41, 5.74) is 0. The highest BCUT2D eigenvalue weighted by molar-refractivity contribution is 5.07. The Balaban J connectivity index is 0.000000309. The highest BCUT2D eigenvalue weighted by atomic mass is 16.5. The lowest BCUT2D eigenvalue weighted by Gasteiger charge is -2.34. The highest BCUT2D eigenvalue weighted by Crippen LogP contribution is 2.64. The zero-order chi connectivity index (χ0) is 16.1. The largest absolute Gasteiger partial charge is 0.502 e. The lowest BCUT2D eigenvalue weighted by atomic mass is 9.71. The minimum Gasteiger partial charge on any atom is -0.502 e. The average Bonchev–Trinajstić information content (AvgIpc) is 3.18. The van der Waals surface area contributed by atoms with Crippen molar-refractivity contribution in [3.05, 3.63) is 25.7 Å². The summed E-state index contributed by atoms with van der Waals surface area (Å²) in [5, 5.41) is 0. The van der Waals surface area contributed by atoms with Gasteiger partial charge in [0.2, 0.25) is 0 Å². The van der Waals surface area contributed by atoms with Crippen LogP contribution in [0.15, 0.2) is 25.7 Å². The molecule has 0 amide bonds. The number of rotatable bonds is 6. The zero-order valence-electron chi connectivity index (χ0n) is 14.7. The topological polar surface area (TPSA) is 18.5 Å². The molecule has 3 saturated carbocycles. The quantitative estimate of drug-likeness (QED) is 0.623. The Morgan fingerprint density at radius 1 is 0.955 bits per heavy atom. The fourth-order valence-electron chi connectivity index (χ4n) is 5.82. The van der Waals surface area contributed by atoms with Gasteiger partial charge in [0.15, 0.2) is 0 Å². The Bertz CT molecular complexity index is 365. The van der Waals surface area contributed by atoms with Gasteiger partial charge in [0.25, 0.3) is 0 Å². The summed E-state index contributed by atoms with van der Waals surface area (Å²) in [6, 6.07) is 0. The molecule has 0 saturated heterocycles. The average molecular weight is 306 g/mol. The predicted molar refractivity (Wildman–Crippen MR) is 92.2 cm³/mol. The first-order valence-electron chi connectivity index (χ1n) is 9.12. The molecule has 0 aromatic carbocycles. The predicted octanol–water partition coefficient (Wildman–Crippen LogP) is 5.27. The van der Waals surface area contributed by atoms with Crippen molar-refractivity contribution in [1.29, 1.82) is 0 Å². The van der Waals surface area contributed by atoms with E-state index in [9.17, 15) is 0 Å². The summed E-state index contributed by atoms with van der Waals surface area (Å²) in [7, 11) is 0. The summed E-state index contributed by atoms with van der Waals surface area (Å²) < 4.78 is 10.1. The van der Waals surface area contributed by atoms with Crippen LogP contribution >= 0.6 is 0 Å². The third-order valence-corrected chi connectivity index (χ3v) is 6.38. The molecule has 126 valence electrons. The molecule has 0 aromatic rings. The normalized spacial score (nSPS) is 41.3. The van der Waals surface area contributed by atoms with Gasteiger partial charge in [-0.05, 0) is 67.6 Å². The van der Waals surface area contributed by atoms with Crippen LogP contribution in [0.3, 0.4) is 0 Å². The molecule has 3 fully saturated rings. The van der Waals surface area contributed by atoms with Crippen LogP contribution in [-0.2, 0) is 9.47 Å². The van der Waals surface area contributed by atoms with Gasteiger partial charge in [0, 0.05) is 0 Å². The van der Waals surface area contributed by atoms with E-state index < -0.39 is 0 Å². The first-order chi connectivity index (χ1) is 10.7. The van der Waals surface area contributed by atoms with Crippen LogP contribution in [0.5, 0.6) is 0 Å². The molecule has 7 atom stereocenters. The second-order valence-electron chi connectivity index (χ2n) is 7.31. The number of hydrogen-bond donors (Lipinski definition) is 0. The van der Waals surface area contributed by atoms with Crippen molar-refractivity contribution in [1.82, 2.24) is 0 Å². The maximum Gasteiger partial charge on any atom is 0.0903 e. The summed E-state index contributed by atoms with van der Waals surface area (Å²) in [6.45, 7) is 15.5. The minimum absolute atomic E-state index is 0.726.